The minimum Gasteiger partial charge on any atom is -0.323 e. The van der Waals surface area contributed by atoms with Crippen molar-refractivity contribution in [3.63, 3.8) is 0 Å². The zero-order valence-electron chi connectivity index (χ0n) is 13.2. The van der Waals surface area contributed by atoms with Crippen molar-refractivity contribution in [1.82, 2.24) is 4.31 Å². The van der Waals surface area contributed by atoms with E-state index < -0.39 is 21.7 Å². The van der Waals surface area contributed by atoms with Crippen LogP contribution in [-0.2, 0) is 21.2 Å². The number of nitrogens with one attached hydrogen (secondary N) is 1. The highest BCUT2D eigenvalue weighted by Gasteiger charge is 2.28. The van der Waals surface area contributed by atoms with Crippen LogP contribution in [-0.4, -0.2) is 31.7 Å². The largest absolute Gasteiger partial charge is 0.323 e. The zero-order chi connectivity index (χ0) is 18.0. The fourth-order valence-corrected chi connectivity index (χ4v) is 5.95. The van der Waals surface area contributed by atoms with Gasteiger partial charge in [0.2, 0.25) is 5.91 Å². The van der Waals surface area contributed by atoms with E-state index in [1.54, 1.807) is 12.1 Å². The fraction of sp³-hybridized carbons (Fsp3) is 0.312. The molecule has 1 aliphatic heterocycles. The normalized spacial score (nSPS) is 15.4. The van der Waals surface area contributed by atoms with Crippen LogP contribution in [0.25, 0.3) is 0 Å². The molecule has 1 saturated heterocycles. The van der Waals surface area contributed by atoms with Crippen molar-refractivity contribution >= 4 is 48.9 Å². The molecular weight excluding hydrogens is 431 g/mol. The Labute approximate surface area is 158 Å². The zero-order valence-corrected chi connectivity index (χ0v) is 16.4. The molecule has 0 spiro atoms. The maximum atomic E-state index is 13.8. The molecule has 2 aromatic rings. The number of anilines is 1. The Morgan fingerprint density at radius 1 is 1.24 bits per heavy atom. The molecule has 0 saturated carbocycles. The van der Waals surface area contributed by atoms with Crippen molar-refractivity contribution in [2.24, 2.45) is 0 Å². The Morgan fingerprint density at radius 2 is 1.96 bits per heavy atom. The predicted molar refractivity (Wildman–Crippen MR) is 98.7 cm³/mol. The van der Waals surface area contributed by atoms with Gasteiger partial charge >= 0.3 is 0 Å². The summed E-state index contributed by atoms with van der Waals surface area (Å²) in [5, 5.41) is 2.50. The van der Waals surface area contributed by atoms with E-state index in [0.717, 1.165) is 24.2 Å². The minimum atomic E-state index is -3.47. The van der Waals surface area contributed by atoms with Crippen LogP contribution in [0.4, 0.5) is 10.1 Å². The average molecular weight is 447 g/mol. The molecule has 0 bridgehead atoms. The summed E-state index contributed by atoms with van der Waals surface area (Å²) in [6.07, 6.45) is 1.74. The number of hydrogen-bond donors (Lipinski definition) is 1. The number of benzene rings is 1. The molecule has 3 rings (SSSR count). The van der Waals surface area contributed by atoms with Crippen LogP contribution in [0.5, 0.6) is 0 Å². The Balaban J connectivity index is 1.67. The third kappa shape index (κ3) is 4.28. The quantitative estimate of drug-likeness (QED) is 0.762. The van der Waals surface area contributed by atoms with Gasteiger partial charge in [-0.3, -0.25) is 4.79 Å². The molecule has 134 valence electrons. The lowest BCUT2D eigenvalue weighted by molar-refractivity contribution is -0.115. The van der Waals surface area contributed by atoms with Crippen LogP contribution in [0.3, 0.4) is 0 Å². The van der Waals surface area contributed by atoms with Crippen molar-refractivity contribution in [3.05, 3.63) is 45.5 Å². The Bertz CT molecular complexity index is 893. The number of amides is 1. The summed E-state index contributed by atoms with van der Waals surface area (Å²) in [6, 6.07) is 7.52. The number of carbonyl (C=O) groups is 1. The number of carbonyl (C=O) groups excluding carboxylic acids is 1. The third-order valence-corrected chi connectivity index (χ3v) is 7.78. The second-order valence-corrected chi connectivity index (χ2v) is 9.93. The van der Waals surface area contributed by atoms with Gasteiger partial charge in [0, 0.05) is 22.4 Å². The summed E-state index contributed by atoms with van der Waals surface area (Å²) in [5.41, 5.74) is 0.0923. The first-order valence-corrected chi connectivity index (χ1v) is 10.7. The van der Waals surface area contributed by atoms with Crippen LogP contribution in [0, 0.1) is 5.82 Å². The van der Waals surface area contributed by atoms with Gasteiger partial charge in [-0.2, -0.15) is 4.31 Å². The molecule has 1 aliphatic rings. The standard InChI is InChI=1S/C16H16BrFN2O3S2/c17-11-3-5-14(13(18)9-11)19-15(21)10-12-4-6-16(24-12)25(22,23)20-7-1-2-8-20/h3-6,9H,1-2,7-8,10H2,(H,19,21). The van der Waals surface area contributed by atoms with E-state index >= 15 is 0 Å². The highest BCUT2D eigenvalue weighted by Crippen LogP contribution is 2.28. The van der Waals surface area contributed by atoms with E-state index in [4.69, 9.17) is 0 Å². The number of rotatable bonds is 5. The Kier molecular flexibility index (Phi) is 5.57. The third-order valence-electron chi connectivity index (χ3n) is 3.84. The molecule has 9 heteroatoms. The van der Waals surface area contributed by atoms with E-state index in [0.29, 0.717) is 22.4 Å². The lowest BCUT2D eigenvalue weighted by atomic mass is 10.3. The van der Waals surface area contributed by atoms with Gasteiger partial charge in [-0.05, 0) is 43.2 Å². The lowest BCUT2D eigenvalue weighted by Gasteiger charge is -2.13. The van der Waals surface area contributed by atoms with Gasteiger partial charge in [0.25, 0.3) is 10.0 Å². The van der Waals surface area contributed by atoms with E-state index in [9.17, 15) is 17.6 Å². The molecule has 1 aromatic carbocycles. The van der Waals surface area contributed by atoms with Gasteiger partial charge in [0.1, 0.15) is 10.0 Å². The van der Waals surface area contributed by atoms with Crippen molar-refractivity contribution in [2.75, 3.05) is 18.4 Å². The molecule has 5 nitrogen and oxygen atoms in total. The molecular formula is C16H16BrFN2O3S2. The van der Waals surface area contributed by atoms with Gasteiger partial charge in [0.05, 0.1) is 12.1 Å². The molecule has 1 fully saturated rings. The highest BCUT2D eigenvalue weighted by molar-refractivity contribution is 9.10. The number of hydrogen-bond acceptors (Lipinski definition) is 4. The van der Waals surface area contributed by atoms with E-state index in [1.807, 2.05) is 0 Å². The topological polar surface area (TPSA) is 66.5 Å². The second kappa shape index (κ2) is 7.53. The number of sulfonamides is 1. The van der Waals surface area contributed by atoms with Gasteiger partial charge < -0.3 is 5.32 Å². The summed E-state index contributed by atoms with van der Waals surface area (Å²) >= 11 is 4.23. The molecule has 0 atom stereocenters. The molecule has 0 radical (unpaired) electrons. The monoisotopic (exact) mass is 446 g/mol. The van der Waals surface area contributed by atoms with Crippen molar-refractivity contribution < 1.29 is 17.6 Å². The first-order chi connectivity index (χ1) is 11.9. The van der Waals surface area contributed by atoms with Gasteiger partial charge in [-0.1, -0.05) is 15.9 Å². The summed E-state index contributed by atoms with van der Waals surface area (Å²) in [5.74, 6) is -0.931. The van der Waals surface area contributed by atoms with Crippen LogP contribution in [0.2, 0.25) is 0 Å². The Morgan fingerprint density at radius 3 is 2.64 bits per heavy atom. The van der Waals surface area contributed by atoms with Crippen LogP contribution < -0.4 is 5.32 Å². The number of halogens is 2. The van der Waals surface area contributed by atoms with Crippen molar-refractivity contribution in [1.29, 1.82) is 0 Å². The molecule has 0 aliphatic carbocycles. The summed E-state index contributed by atoms with van der Waals surface area (Å²) < 4.78 is 41.0. The lowest BCUT2D eigenvalue weighted by Crippen LogP contribution is -2.27. The molecule has 25 heavy (non-hydrogen) atoms. The second-order valence-electron chi connectivity index (χ2n) is 5.68. The van der Waals surface area contributed by atoms with E-state index in [-0.39, 0.29) is 16.3 Å². The molecule has 0 unspecified atom stereocenters. The predicted octanol–water partition coefficient (Wildman–Crippen LogP) is 3.62. The first-order valence-electron chi connectivity index (χ1n) is 7.70. The Hall–Kier alpha value is -1.29. The van der Waals surface area contributed by atoms with Crippen molar-refractivity contribution in [2.45, 2.75) is 23.5 Å². The first kappa shape index (κ1) is 18.5. The SMILES string of the molecule is O=C(Cc1ccc(S(=O)(=O)N2CCCC2)s1)Nc1ccc(Br)cc1F. The number of thiophene rings is 1. The molecule has 1 aromatic heterocycles. The van der Waals surface area contributed by atoms with Crippen LogP contribution in [0.15, 0.2) is 39.0 Å². The number of nitrogens with zero attached hydrogens (tertiary/aromatic N) is 1. The summed E-state index contributed by atoms with van der Waals surface area (Å²) in [7, 11) is -3.47. The fourth-order valence-electron chi connectivity index (χ4n) is 2.59. The molecule has 1 amide bonds. The highest BCUT2D eigenvalue weighted by atomic mass is 79.9. The average Bonchev–Trinajstić information content (AvgIpc) is 3.22. The van der Waals surface area contributed by atoms with Gasteiger partial charge in [0.15, 0.2) is 0 Å². The summed E-state index contributed by atoms with van der Waals surface area (Å²) in [4.78, 5) is 12.7. The minimum absolute atomic E-state index is 0.00428. The maximum Gasteiger partial charge on any atom is 0.252 e. The smallest absolute Gasteiger partial charge is 0.252 e. The van der Waals surface area contributed by atoms with Crippen molar-refractivity contribution in [3.8, 4) is 0 Å². The van der Waals surface area contributed by atoms with Gasteiger partial charge in [-0.15, -0.1) is 11.3 Å². The van der Waals surface area contributed by atoms with E-state index in [2.05, 4.69) is 21.2 Å². The van der Waals surface area contributed by atoms with E-state index in [1.165, 1.54) is 22.5 Å². The maximum absolute atomic E-state index is 13.8. The van der Waals surface area contributed by atoms with Crippen LogP contribution in [0.1, 0.15) is 17.7 Å². The summed E-state index contributed by atoms with van der Waals surface area (Å²) in [6.45, 7) is 1.08. The molecule has 1 N–H and O–H groups in total. The van der Waals surface area contributed by atoms with Crippen LogP contribution >= 0.6 is 27.3 Å². The van der Waals surface area contributed by atoms with Gasteiger partial charge in [-0.25, -0.2) is 12.8 Å². The molecule has 2 heterocycles.